The maximum atomic E-state index is 14.8. The first-order valence-electron chi connectivity index (χ1n) is 11.4. The van der Waals surface area contributed by atoms with E-state index in [0.717, 1.165) is 10.2 Å². The first-order chi connectivity index (χ1) is 18.2. The Hall–Kier alpha value is -2.71. The monoisotopic (exact) mass is 581 g/mol. The average molecular weight is 582 g/mol. The molecule has 0 unspecified atom stereocenters. The van der Waals surface area contributed by atoms with Gasteiger partial charge in [-0.3, -0.25) is 4.79 Å². The molecular formula is C24H22Cl2FN5O5S. The standard InChI is InChI=1S/C24H22Cl2FN5O5S/c1-31(11-3-6-14-17(7-11)38-10-28-14)24(35)23-22(36-2)20(21(34)16(9-33)37-23)32-8-15(29-30-32)12-4-5-13(25)18(26)19(12)27/h3-8,10,16,20-23,33-34H,9H2,1-2H3/t16-,20+,21+,22-,23-/m1/s1. The number of hydrogen-bond donors (Lipinski definition) is 2. The Morgan fingerprint density at radius 3 is 2.84 bits per heavy atom. The highest BCUT2D eigenvalue weighted by molar-refractivity contribution is 7.16. The van der Waals surface area contributed by atoms with Gasteiger partial charge in [0.25, 0.3) is 5.91 Å². The van der Waals surface area contributed by atoms with Crippen molar-refractivity contribution in [3.8, 4) is 11.3 Å². The Morgan fingerprint density at radius 1 is 1.32 bits per heavy atom. The largest absolute Gasteiger partial charge is 0.394 e. The zero-order valence-corrected chi connectivity index (χ0v) is 22.4. The molecule has 4 aromatic rings. The molecule has 38 heavy (non-hydrogen) atoms. The topological polar surface area (TPSA) is 123 Å². The lowest BCUT2D eigenvalue weighted by atomic mass is 9.91. The van der Waals surface area contributed by atoms with E-state index >= 15 is 0 Å². The first kappa shape index (κ1) is 26.9. The van der Waals surface area contributed by atoms with Gasteiger partial charge in [0.15, 0.2) is 11.9 Å². The molecular weight excluding hydrogens is 560 g/mol. The number of anilines is 1. The van der Waals surface area contributed by atoms with Crippen LogP contribution in [0.4, 0.5) is 10.1 Å². The summed E-state index contributed by atoms with van der Waals surface area (Å²) in [6, 6.07) is 7.23. The normalized spacial score (nSPS) is 23.6. The molecule has 5 atom stereocenters. The molecule has 1 aliphatic rings. The highest BCUT2D eigenvalue weighted by Crippen LogP contribution is 2.36. The van der Waals surface area contributed by atoms with Gasteiger partial charge in [0.1, 0.15) is 30.0 Å². The molecule has 2 N–H and O–H groups in total. The van der Waals surface area contributed by atoms with Crippen LogP contribution in [0.3, 0.4) is 0 Å². The van der Waals surface area contributed by atoms with Crippen LogP contribution >= 0.6 is 34.5 Å². The van der Waals surface area contributed by atoms with Crippen molar-refractivity contribution in [3.63, 3.8) is 0 Å². The number of aliphatic hydroxyl groups is 2. The summed E-state index contributed by atoms with van der Waals surface area (Å²) in [5.74, 6) is -1.24. The summed E-state index contributed by atoms with van der Waals surface area (Å²) < 4.78 is 28.4. The Bertz CT molecular complexity index is 1490. The predicted octanol–water partition coefficient (Wildman–Crippen LogP) is 3.34. The third-order valence-electron chi connectivity index (χ3n) is 6.54. The van der Waals surface area contributed by atoms with E-state index < -0.39 is 48.8 Å². The first-order valence-corrected chi connectivity index (χ1v) is 13.0. The predicted molar refractivity (Wildman–Crippen MR) is 140 cm³/mol. The van der Waals surface area contributed by atoms with Crippen LogP contribution in [0.5, 0.6) is 0 Å². The van der Waals surface area contributed by atoms with Crippen molar-refractivity contribution in [2.75, 3.05) is 25.7 Å². The summed E-state index contributed by atoms with van der Waals surface area (Å²) in [5.41, 5.74) is 3.30. The zero-order valence-electron chi connectivity index (χ0n) is 20.0. The second kappa shape index (κ2) is 10.8. The Kier molecular flexibility index (Phi) is 7.65. The maximum absolute atomic E-state index is 14.8. The van der Waals surface area contributed by atoms with Crippen LogP contribution in [0.2, 0.25) is 10.0 Å². The van der Waals surface area contributed by atoms with E-state index in [2.05, 4.69) is 15.3 Å². The molecule has 3 heterocycles. The van der Waals surface area contributed by atoms with Crippen molar-refractivity contribution in [1.29, 1.82) is 0 Å². The number of amides is 1. The molecule has 0 radical (unpaired) electrons. The van der Waals surface area contributed by atoms with E-state index in [1.807, 2.05) is 12.1 Å². The number of nitrogens with zero attached hydrogens (tertiary/aromatic N) is 5. The molecule has 1 amide bonds. The number of aromatic nitrogens is 4. The molecule has 0 bridgehead atoms. The molecule has 14 heteroatoms. The molecule has 0 saturated carbocycles. The molecule has 10 nitrogen and oxygen atoms in total. The van der Waals surface area contributed by atoms with Crippen molar-refractivity contribution >= 4 is 56.3 Å². The Morgan fingerprint density at radius 2 is 2.11 bits per heavy atom. The Balaban J connectivity index is 1.48. The van der Waals surface area contributed by atoms with Gasteiger partial charge in [0.2, 0.25) is 0 Å². The molecule has 5 rings (SSSR count). The third kappa shape index (κ3) is 4.66. The summed E-state index contributed by atoms with van der Waals surface area (Å²) in [4.78, 5) is 19.3. The van der Waals surface area contributed by atoms with Crippen molar-refractivity contribution in [2.45, 2.75) is 30.5 Å². The molecule has 2 aromatic heterocycles. The molecule has 1 saturated heterocycles. The van der Waals surface area contributed by atoms with E-state index in [0.29, 0.717) is 5.69 Å². The highest BCUT2D eigenvalue weighted by Gasteiger charge is 2.50. The van der Waals surface area contributed by atoms with Gasteiger partial charge in [0.05, 0.1) is 38.6 Å². The number of carbonyl (C=O) groups excluding carboxylic acids is 1. The lowest BCUT2D eigenvalue weighted by Crippen LogP contribution is -2.60. The number of benzene rings is 2. The number of rotatable bonds is 6. The number of ether oxygens (including phenoxy) is 2. The fraction of sp³-hybridized carbons (Fsp3) is 0.333. The second-order valence-electron chi connectivity index (χ2n) is 8.67. The van der Waals surface area contributed by atoms with E-state index in [1.54, 1.807) is 18.6 Å². The van der Waals surface area contributed by atoms with Gasteiger partial charge in [-0.05, 0) is 30.3 Å². The molecule has 1 fully saturated rings. The summed E-state index contributed by atoms with van der Waals surface area (Å²) in [6.45, 7) is -0.572. The minimum absolute atomic E-state index is 0.0466. The number of hydrogen-bond acceptors (Lipinski definition) is 9. The average Bonchev–Trinajstić information content (AvgIpc) is 3.60. The number of methoxy groups -OCH3 is 1. The fourth-order valence-corrected chi connectivity index (χ4v) is 5.52. The van der Waals surface area contributed by atoms with Crippen molar-refractivity contribution in [3.05, 3.63) is 57.9 Å². The summed E-state index contributed by atoms with van der Waals surface area (Å²) in [6.07, 6.45) is -3.33. The number of carbonyl (C=O) groups is 1. The molecule has 0 aliphatic carbocycles. The lowest BCUT2D eigenvalue weighted by molar-refractivity contribution is -0.211. The van der Waals surface area contributed by atoms with Crippen LogP contribution in [0, 0.1) is 5.82 Å². The maximum Gasteiger partial charge on any atom is 0.258 e. The minimum Gasteiger partial charge on any atom is -0.394 e. The van der Waals surface area contributed by atoms with Gasteiger partial charge in [0, 0.05) is 25.4 Å². The second-order valence-corrected chi connectivity index (χ2v) is 10.3. The van der Waals surface area contributed by atoms with Gasteiger partial charge in [-0.25, -0.2) is 14.1 Å². The van der Waals surface area contributed by atoms with Crippen LogP contribution in [-0.4, -0.2) is 81.3 Å². The van der Waals surface area contributed by atoms with E-state index in [4.69, 9.17) is 32.7 Å². The summed E-state index contributed by atoms with van der Waals surface area (Å²) >= 11 is 13.3. The van der Waals surface area contributed by atoms with Gasteiger partial charge in [-0.15, -0.1) is 16.4 Å². The van der Waals surface area contributed by atoms with E-state index in [1.165, 1.54) is 46.4 Å². The number of halogens is 3. The number of aliphatic hydroxyl groups excluding tert-OH is 2. The molecule has 2 aromatic carbocycles. The molecule has 1 aliphatic heterocycles. The van der Waals surface area contributed by atoms with Crippen LogP contribution in [0.15, 0.2) is 42.0 Å². The van der Waals surface area contributed by atoms with Crippen LogP contribution in [-0.2, 0) is 14.3 Å². The molecule has 200 valence electrons. The van der Waals surface area contributed by atoms with Gasteiger partial charge in [-0.2, -0.15) is 0 Å². The van der Waals surface area contributed by atoms with Gasteiger partial charge in [-0.1, -0.05) is 28.4 Å². The lowest BCUT2D eigenvalue weighted by Gasteiger charge is -2.43. The number of thiazole rings is 1. The fourth-order valence-electron chi connectivity index (χ4n) is 4.50. The number of likely N-dealkylation sites (N-methyl/N-ethyl adjacent to an activating group) is 1. The Labute approximate surface area is 230 Å². The van der Waals surface area contributed by atoms with E-state index in [9.17, 15) is 19.4 Å². The quantitative estimate of drug-likeness (QED) is 0.332. The summed E-state index contributed by atoms with van der Waals surface area (Å²) in [5, 5.41) is 28.9. The van der Waals surface area contributed by atoms with Crippen molar-refractivity contribution < 1.29 is 28.9 Å². The smallest absolute Gasteiger partial charge is 0.258 e. The molecule has 0 spiro atoms. The minimum atomic E-state index is -1.33. The third-order valence-corrected chi connectivity index (χ3v) is 8.12. The highest BCUT2D eigenvalue weighted by atomic mass is 35.5. The number of fused-ring (bicyclic) bond motifs is 1. The SMILES string of the molecule is CO[C@@H]1[C@@H](n2cc(-c3ccc(Cl)c(Cl)c3F)nn2)[C@@H](O)[C@@H](CO)O[C@H]1C(=O)N(C)c1ccc2ncsc2c1. The summed E-state index contributed by atoms with van der Waals surface area (Å²) in [7, 11) is 2.96. The van der Waals surface area contributed by atoms with Crippen molar-refractivity contribution in [1.82, 2.24) is 20.0 Å². The van der Waals surface area contributed by atoms with Crippen LogP contribution in [0.25, 0.3) is 21.5 Å². The van der Waals surface area contributed by atoms with Crippen LogP contribution < -0.4 is 4.90 Å². The zero-order chi connectivity index (χ0) is 27.1. The van der Waals surface area contributed by atoms with Crippen LogP contribution in [0.1, 0.15) is 6.04 Å². The van der Waals surface area contributed by atoms with Gasteiger partial charge < -0.3 is 24.6 Å². The van der Waals surface area contributed by atoms with Crippen molar-refractivity contribution in [2.24, 2.45) is 0 Å². The van der Waals surface area contributed by atoms with E-state index in [-0.39, 0.29) is 21.3 Å². The van der Waals surface area contributed by atoms with Gasteiger partial charge >= 0.3 is 0 Å².